The summed E-state index contributed by atoms with van der Waals surface area (Å²) in [6, 6.07) is 6.85. The number of carbonyl (C=O) groups excluding carboxylic acids is 1. The summed E-state index contributed by atoms with van der Waals surface area (Å²) < 4.78 is 0. The SMILES string of the molecule is CCNC(Cc1ccc(O)cc1)C(=O)C(C)(C)C. The van der Waals surface area contributed by atoms with Gasteiger partial charge in [-0.1, -0.05) is 39.8 Å². The summed E-state index contributed by atoms with van der Waals surface area (Å²) in [5.74, 6) is 0.471. The number of phenolic OH excluding ortho intramolecular Hbond substituents is 1. The lowest BCUT2D eigenvalue weighted by molar-refractivity contribution is -0.128. The molecule has 18 heavy (non-hydrogen) atoms. The molecule has 0 saturated carbocycles. The number of rotatable bonds is 5. The van der Waals surface area contributed by atoms with Gasteiger partial charge in [0.15, 0.2) is 5.78 Å². The van der Waals surface area contributed by atoms with Crippen LogP contribution in [-0.2, 0) is 11.2 Å². The number of carbonyl (C=O) groups is 1. The number of Topliss-reactive ketones (excluding diaryl/α,β-unsaturated/α-hetero) is 1. The summed E-state index contributed by atoms with van der Waals surface area (Å²) in [6.07, 6.45) is 0.657. The summed E-state index contributed by atoms with van der Waals surface area (Å²) in [5.41, 5.74) is 0.709. The number of aromatic hydroxyl groups is 1. The van der Waals surface area contributed by atoms with Crippen LogP contribution in [0.25, 0.3) is 0 Å². The van der Waals surface area contributed by atoms with Gasteiger partial charge in [0.2, 0.25) is 0 Å². The molecule has 0 spiro atoms. The molecule has 0 amide bonds. The van der Waals surface area contributed by atoms with Crippen molar-refractivity contribution < 1.29 is 9.90 Å². The molecule has 0 aliphatic rings. The van der Waals surface area contributed by atoms with Crippen LogP contribution in [0.4, 0.5) is 0 Å². The Morgan fingerprint density at radius 3 is 2.28 bits per heavy atom. The van der Waals surface area contributed by atoms with Crippen molar-refractivity contribution in [1.82, 2.24) is 5.32 Å². The number of likely N-dealkylation sites (N-methyl/N-ethyl adjacent to an activating group) is 1. The van der Waals surface area contributed by atoms with Crippen molar-refractivity contribution in [3.05, 3.63) is 29.8 Å². The first-order valence-electron chi connectivity index (χ1n) is 6.40. The molecule has 0 radical (unpaired) electrons. The monoisotopic (exact) mass is 249 g/mol. The molecule has 0 fully saturated rings. The highest BCUT2D eigenvalue weighted by atomic mass is 16.3. The minimum Gasteiger partial charge on any atom is -0.508 e. The second-order valence-corrected chi connectivity index (χ2v) is 5.60. The number of hydrogen-bond acceptors (Lipinski definition) is 3. The predicted octanol–water partition coefficient (Wildman–Crippen LogP) is 2.53. The smallest absolute Gasteiger partial charge is 0.155 e. The van der Waals surface area contributed by atoms with Gasteiger partial charge in [-0.15, -0.1) is 0 Å². The fraction of sp³-hybridized carbons (Fsp3) is 0.533. The zero-order valence-corrected chi connectivity index (χ0v) is 11.7. The highest BCUT2D eigenvalue weighted by Gasteiger charge is 2.28. The van der Waals surface area contributed by atoms with Gasteiger partial charge in [-0.25, -0.2) is 0 Å². The van der Waals surface area contributed by atoms with Crippen molar-refractivity contribution in [2.45, 2.75) is 40.2 Å². The van der Waals surface area contributed by atoms with Crippen molar-refractivity contribution in [1.29, 1.82) is 0 Å². The lowest BCUT2D eigenvalue weighted by atomic mass is 9.84. The van der Waals surface area contributed by atoms with Gasteiger partial charge in [0, 0.05) is 5.41 Å². The maximum Gasteiger partial charge on any atom is 0.155 e. The summed E-state index contributed by atoms with van der Waals surface area (Å²) in [7, 11) is 0. The molecule has 0 bridgehead atoms. The van der Waals surface area contributed by atoms with Gasteiger partial charge in [0.05, 0.1) is 6.04 Å². The molecule has 2 N–H and O–H groups in total. The average molecular weight is 249 g/mol. The van der Waals surface area contributed by atoms with Gasteiger partial charge in [-0.2, -0.15) is 0 Å². The van der Waals surface area contributed by atoms with E-state index in [-0.39, 0.29) is 23.0 Å². The lowest BCUT2D eigenvalue weighted by Crippen LogP contribution is -2.44. The van der Waals surface area contributed by atoms with Gasteiger partial charge < -0.3 is 10.4 Å². The molecule has 3 nitrogen and oxygen atoms in total. The zero-order chi connectivity index (χ0) is 13.8. The van der Waals surface area contributed by atoms with Crippen LogP contribution >= 0.6 is 0 Å². The Kier molecular flexibility index (Phi) is 4.91. The van der Waals surface area contributed by atoms with E-state index in [1.165, 1.54) is 0 Å². The Balaban J connectivity index is 2.80. The molecular formula is C15H23NO2. The number of benzene rings is 1. The maximum atomic E-state index is 12.3. The van der Waals surface area contributed by atoms with Crippen LogP contribution in [0.3, 0.4) is 0 Å². The van der Waals surface area contributed by atoms with Crippen molar-refractivity contribution in [2.24, 2.45) is 5.41 Å². The molecule has 1 atom stereocenters. The van der Waals surface area contributed by atoms with Crippen LogP contribution in [0.15, 0.2) is 24.3 Å². The second-order valence-electron chi connectivity index (χ2n) is 5.60. The normalized spacial score (nSPS) is 13.3. The van der Waals surface area contributed by atoms with Gasteiger partial charge in [0.25, 0.3) is 0 Å². The number of nitrogens with one attached hydrogen (secondary N) is 1. The van der Waals surface area contributed by atoms with Crippen LogP contribution in [0.5, 0.6) is 5.75 Å². The van der Waals surface area contributed by atoms with E-state index in [0.29, 0.717) is 6.42 Å². The lowest BCUT2D eigenvalue weighted by Gasteiger charge is -2.25. The van der Waals surface area contributed by atoms with E-state index >= 15 is 0 Å². The van der Waals surface area contributed by atoms with Crippen molar-refractivity contribution in [2.75, 3.05) is 6.54 Å². The van der Waals surface area contributed by atoms with Gasteiger partial charge in [-0.3, -0.25) is 4.79 Å². The minimum atomic E-state index is -0.343. The quantitative estimate of drug-likeness (QED) is 0.843. The zero-order valence-electron chi connectivity index (χ0n) is 11.7. The fourth-order valence-corrected chi connectivity index (χ4v) is 1.89. The topological polar surface area (TPSA) is 49.3 Å². The fourth-order valence-electron chi connectivity index (χ4n) is 1.89. The first kappa shape index (κ1) is 14.7. The van der Waals surface area contributed by atoms with Crippen LogP contribution in [0, 0.1) is 5.41 Å². The number of phenols is 1. The predicted molar refractivity (Wildman–Crippen MR) is 73.7 cm³/mol. The molecule has 1 unspecified atom stereocenters. The first-order valence-corrected chi connectivity index (χ1v) is 6.40. The number of hydrogen-bond donors (Lipinski definition) is 2. The van der Waals surface area contributed by atoms with E-state index in [2.05, 4.69) is 5.32 Å². The summed E-state index contributed by atoms with van der Waals surface area (Å²) >= 11 is 0. The molecule has 1 aromatic rings. The second kappa shape index (κ2) is 6.01. The molecule has 0 heterocycles. The summed E-state index contributed by atoms with van der Waals surface area (Å²) in [6.45, 7) is 8.59. The summed E-state index contributed by atoms with van der Waals surface area (Å²) in [5, 5.41) is 12.5. The molecule has 1 rings (SSSR count). The standard InChI is InChI=1S/C15H23NO2/c1-5-16-13(14(18)15(2,3)4)10-11-6-8-12(17)9-7-11/h6-9,13,16-17H,5,10H2,1-4H3. The maximum absolute atomic E-state index is 12.3. The van der Waals surface area contributed by atoms with Gasteiger partial charge in [-0.05, 0) is 30.7 Å². The van der Waals surface area contributed by atoms with Gasteiger partial charge in [0.1, 0.15) is 5.75 Å². The molecule has 0 aliphatic carbocycles. The van der Waals surface area contributed by atoms with E-state index in [1.807, 2.05) is 39.8 Å². The molecule has 0 aromatic heterocycles. The summed E-state index contributed by atoms with van der Waals surface area (Å²) in [4.78, 5) is 12.3. The Morgan fingerprint density at radius 2 is 1.83 bits per heavy atom. The minimum absolute atomic E-state index is 0.167. The highest BCUT2D eigenvalue weighted by Crippen LogP contribution is 2.19. The Bertz CT molecular complexity index is 390. The van der Waals surface area contributed by atoms with E-state index in [1.54, 1.807) is 12.1 Å². The van der Waals surface area contributed by atoms with Gasteiger partial charge >= 0.3 is 0 Å². The molecule has 0 saturated heterocycles. The number of ketones is 1. The van der Waals surface area contributed by atoms with Crippen LogP contribution in [0.1, 0.15) is 33.3 Å². The van der Waals surface area contributed by atoms with Crippen LogP contribution < -0.4 is 5.32 Å². The Morgan fingerprint density at radius 1 is 1.28 bits per heavy atom. The van der Waals surface area contributed by atoms with Crippen molar-refractivity contribution in [3.63, 3.8) is 0 Å². The molecule has 0 aliphatic heterocycles. The van der Waals surface area contributed by atoms with E-state index in [0.717, 1.165) is 12.1 Å². The Hall–Kier alpha value is -1.35. The van der Waals surface area contributed by atoms with Crippen molar-refractivity contribution in [3.8, 4) is 5.75 Å². The third-order valence-corrected chi connectivity index (χ3v) is 2.88. The highest BCUT2D eigenvalue weighted by molar-refractivity contribution is 5.89. The third kappa shape index (κ3) is 4.15. The molecule has 1 aromatic carbocycles. The average Bonchev–Trinajstić information content (AvgIpc) is 2.29. The van der Waals surface area contributed by atoms with E-state index < -0.39 is 0 Å². The van der Waals surface area contributed by atoms with Crippen molar-refractivity contribution >= 4 is 5.78 Å². The molecular weight excluding hydrogens is 226 g/mol. The van der Waals surface area contributed by atoms with Crippen LogP contribution in [0.2, 0.25) is 0 Å². The Labute approximate surface area is 109 Å². The molecule has 100 valence electrons. The van der Waals surface area contributed by atoms with E-state index in [4.69, 9.17) is 0 Å². The third-order valence-electron chi connectivity index (χ3n) is 2.88. The largest absolute Gasteiger partial charge is 0.508 e. The van der Waals surface area contributed by atoms with Crippen LogP contribution in [-0.4, -0.2) is 23.5 Å². The first-order chi connectivity index (χ1) is 8.34. The van der Waals surface area contributed by atoms with E-state index in [9.17, 15) is 9.90 Å². The molecule has 3 heteroatoms.